The Kier molecular flexibility index (Phi) is 13.2. The van der Waals surface area contributed by atoms with Gasteiger partial charge in [0.1, 0.15) is 18.1 Å². The van der Waals surface area contributed by atoms with Gasteiger partial charge in [0.25, 0.3) is 0 Å². The van der Waals surface area contributed by atoms with Crippen molar-refractivity contribution in [2.45, 2.75) is 70.1 Å². The third-order valence-corrected chi connectivity index (χ3v) is 5.43. The number of aliphatic imine (C=N–C) groups is 1. The first-order valence-electron chi connectivity index (χ1n) is 12.0. The molecule has 0 saturated heterocycles. The van der Waals surface area contributed by atoms with Crippen molar-refractivity contribution in [3.63, 3.8) is 0 Å². The van der Waals surface area contributed by atoms with Crippen LogP contribution in [-0.4, -0.2) is 86.5 Å². The van der Waals surface area contributed by atoms with Gasteiger partial charge in [0.15, 0.2) is 5.96 Å². The SMILES string of the molecule is CC(C)C(NC(=O)C(Cc1cnc[nH]1)NC(=O)C(CCC(=O)O)NC(=O)C(N)CCCN=C(N)N)C(=O)O. The van der Waals surface area contributed by atoms with Gasteiger partial charge in [-0.25, -0.2) is 9.78 Å². The maximum atomic E-state index is 13.1. The van der Waals surface area contributed by atoms with Crippen LogP contribution in [0.3, 0.4) is 0 Å². The molecule has 0 aromatic carbocycles. The van der Waals surface area contributed by atoms with Crippen LogP contribution in [0, 0.1) is 5.92 Å². The molecule has 0 saturated carbocycles. The number of nitrogens with one attached hydrogen (secondary N) is 4. The van der Waals surface area contributed by atoms with Crippen molar-refractivity contribution < 1.29 is 34.2 Å². The number of carbonyl (C=O) groups is 5. The van der Waals surface area contributed by atoms with E-state index in [0.717, 1.165) is 0 Å². The Balaban J connectivity index is 3.02. The Morgan fingerprint density at radius 3 is 2.16 bits per heavy atom. The monoisotopic (exact) mass is 539 g/mol. The zero-order valence-corrected chi connectivity index (χ0v) is 21.3. The van der Waals surface area contributed by atoms with Gasteiger partial charge < -0.3 is 48.3 Å². The summed E-state index contributed by atoms with van der Waals surface area (Å²) in [6.45, 7) is 3.46. The molecule has 4 atom stereocenters. The van der Waals surface area contributed by atoms with Crippen molar-refractivity contribution in [2.75, 3.05) is 6.54 Å². The summed E-state index contributed by atoms with van der Waals surface area (Å²) >= 11 is 0. The first-order valence-corrected chi connectivity index (χ1v) is 12.0. The number of rotatable bonds is 17. The second-order valence-electron chi connectivity index (χ2n) is 8.96. The highest BCUT2D eigenvalue weighted by molar-refractivity contribution is 5.94. The van der Waals surface area contributed by atoms with Crippen LogP contribution in [-0.2, 0) is 30.4 Å². The number of hydrogen-bond acceptors (Lipinski definition) is 8. The summed E-state index contributed by atoms with van der Waals surface area (Å²) in [4.78, 5) is 71.8. The molecule has 0 aliphatic rings. The van der Waals surface area contributed by atoms with E-state index in [4.69, 9.17) is 22.3 Å². The van der Waals surface area contributed by atoms with Crippen LogP contribution in [0.2, 0.25) is 0 Å². The standard InChI is InChI=1S/C22H37N9O7/c1-11(2)17(21(37)38)31-20(36)15(8-12-9-26-10-28-12)30-19(35)14(5-6-16(32)33)29-18(34)13(23)4-3-7-27-22(24)25/h9-11,13-15,17H,3-8,23H2,1-2H3,(H,26,28)(H,29,34)(H,30,35)(H,31,36)(H,32,33)(H,37,38)(H4,24,25,27). The van der Waals surface area contributed by atoms with E-state index in [2.05, 4.69) is 30.9 Å². The maximum absolute atomic E-state index is 13.1. The Hall–Kier alpha value is -4.21. The van der Waals surface area contributed by atoms with Gasteiger partial charge in [0.05, 0.1) is 12.4 Å². The van der Waals surface area contributed by atoms with Crippen LogP contribution in [0.5, 0.6) is 0 Å². The summed E-state index contributed by atoms with van der Waals surface area (Å²) in [5.74, 6) is -5.34. The Morgan fingerprint density at radius 1 is 1.00 bits per heavy atom. The quantitative estimate of drug-likeness (QED) is 0.0561. The van der Waals surface area contributed by atoms with Crippen LogP contribution < -0.4 is 33.2 Å². The second kappa shape index (κ2) is 15.8. The molecule has 1 aromatic heterocycles. The lowest BCUT2D eigenvalue weighted by Gasteiger charge is -2.25. The van der Waals surface area contributed by atoms with Gasteiger partial charge in [0.2, 0.25) is 17.7 Å². The van der Waals surface area contributed by atoms with E-state index in [1.54, 1.807) is 13.8 Å². The third-order valence-electron chi connectivity index (χ3n) is 5.43. The molecule has 0 fully saturated rings. The van der Waals surface area contributed by atoms with Crippen molar-refractivity contribution >= 4 is 35.6 Å². The predicted octanol–water partition coefficient (Wildman–Crippen LogP) is -2.61. The van der Waals surface area contributed by atoms with Gasteiger partial charge in [-0.2, -0.15) is 0 Å². The van der Waals surface area contributed by atoms with E-state index in [1.807, 2.05) is 0 Å². The van der Waals surface area contributed by atoms with Crippen molar-refractivity contribution in [3.05, 3.63) is 18.2 Å². The number of imidazole rings is 1. The van der Waals surface area contributed by atoms with Crippen LogP contribution in [0.4, 0.5) is 0 Å². The van der Waals surface area contributed by atoms with Gasteiger partial charge in [-0.1, -0.05) is 13.8 Å². The number of carboxylic acid groups (broad SMARTS) is 2. The number of guanidine groups is 1. The minimum Gasteiger partial charge on any atom is -0.481 e. The molecule has 1 heterocycles. The molecule has 0 radical (unpaired) electrons. The Bertz CT molecular complexity index is 978. The summed E-state index contributed by atoms with van der Waals surface area (Å²) in [6.07, 6.45) is 2.54. The van der Waals surface area contributed by atoms with E-state index in [-0.39, 0.29) is 31.8 Å². The number of aliphatic carboxylic acids is 2. The normalized spacial score (nSPS) is 14.0. The molecule has 3 amide bonds. The van der Waals surface area contributed by atoms with Gasteiger partial charge >= 0.3 is 11.9 Å². The van der Waals surface area contributed by atoms with Gasteiger partial charge in [-0.15, -0.1) is 0 Å². The number of H-pyrrole nitrogens is 1. The van der Waals surface area contributed by atoms with Crippen LogP contribution in [0.15, 0.2) is 17.5 Å². The third kappa shape index (κ3) is 11.7. The predicted molar refractivity (Wildman–Crippen MR) is 135 cm³/mol. The molecule has 1 aromatic rings. The highest BCUT2D eigenvalue weighted by Crippen LogP contribution is 2.07. The molecule has 12 N–H and O–H groups in total. The first-order chi connectivity index (χ1) is 17.8. The number of aromatic amines is 1. The smallest absolute Gasteiger partial charge is 0.326 e. The number of nitrogens with two attached hydrogens (primary N) is 3. The summed E-state index contributed by atoms with van der Waals surface area (Å²) in [6, 6.07) is -4.85. The number of nitrogens with zero attached hydrogens (tertiary/aromatic N) is 2. The molecule has 16 nitrogen and oxygen atoms in total. The van der Waals surface area contributed by atoms with Crippen LogP contribution >= 0.6 is 0 Å². The molecule has 4 unspecified atom stereocenters. The Labute approximate surface area is 219 Å². The van der Waals surface area contributed by atoms with E-state index in [0.29, 0.717) is 12.1 Å². The van der Waals surface area contributed by atoms with Crippen molar-refractivity contribution in [1.29, 1.82) is 0 Å². The molecular formula is C22H37N9O7. The van der Waals surface area contributed by atoms with E-state index >= 15 is 0 Å². The average Bonchev–Trinajstić information content (AvgIpc) is 3.34. The molecule has 0 aliphatic heterocycles. The van der Waals surface area contributed by atoms with Crippen LogP contribution in [0.25, 0.3) is 0 Å². The minimum absolute atomic E-state index is 0.0775. The van der Waals surface area contributed by atoms with Crippen molar-refractivity contribution in [2.24, 2.45) is 28.1 Å². The molecule has 0 bridgehead atoms. The molecule has 0 aliphatic carbocycles. The summed E-state index contributed by atoms with van der Waals surface area (Å²) in [5, 5.41) is 25.8. The molecule has 212 valence electrons. The fraction of sp³-hybridized carbons (Fsp3) is 0.591. The highest BCUT2D eigenvalue weighted by atomic mass is 16.4. The second-order valence-corrected chi connectivity index (χ2v) is 8.96. The Morgan fingerprint density at radius 2 is 1.63 bits per heavy atom. The molecule has 1 rings (SSSR count). The van der Waals surface area contributed by atoms with Gasteiger partial charge in [-0.05, 0) is 25.2 Å². The molecule has 0 spiro atoms. The number of aromatic nitrogens is 2. The average molecular weight is 540 g/mol. The summed E-state index contributed by atoms with van der Waals surface area (Å²) in [7, 11) is 0. The zero-order chi connectivity index (χ0) is 28.8. The number of hydrogen-bond donors (Lipinski definition) is 9. The molecule has 16 heteroatoms. The molecular weight excluding hydrogens is 502 g/mol. The van der Waals surface area contributed by atoms with Crippen LogP contribution in [0.1, 0.15) is 45.2 Å². The van der Waals surface area contributed by atoms with Crippen molar-refractivity contribution in [3.8, 4) is 0 Å². The topological polar surface area (TPSA) is 281 Å². The lowest BCUT2D eigenvalue weighted by atomic mass is 10.0. The number of amides is 3. The zero-order valence-electron chi connectivity index (χ0n) is 21.3. The lowest BCUT2D eigenvalue weighted by Crippen LogP contribution is -2.58. The minimum atomic E-state index is -1.33. The fourth-order valence-corrected chi connectivity index (χ4v) is 3.33. The summed E-state index contributed by atoms with van der Waals surface area (Å²) < 4.78 is 0. The highest BCUT2D eigenvalue weighted by Gasteiger charge is 2.32. The summed E-state index contributed by atoms with van der Waals surface area (Å²) in [5.41, 5.74) is 16.9. The fourth-order valence-electron chi connectivity index (χ4n) is 3.33. The first kappa shape index (κ1) is 31.8. The lowest BCUT2D eigenvalue weighted by molar-refractivity contribution is -0.143. The van der Waals surface area contributed by atoms with E-state index in [1.165, 1.54) is 12.5 Å². The van der Waals surface area contributed by atoms with E-state index < -0.39 is 66.2 Å². The maximum Gasteiger partial charge on any atom is 0.326 e. The number of carbonyl (C=O) groups excluding carboxylic acids is 3. The number of carboxylic acids is 2. The largest absolute Gasteiger partial charge is 0.481 e. The molecule has 38 heavy (non-hydrogen) atoms. The van der Waals surface area contributed by atoms with Crippen molar-refractivity contribution in [1.82, 2.24) is 25.9 Å². The van der Waals surface area contributed by atoms with E-state index in [9.17, 15) is 29.1 Å². The van der Waals surface area contributed by atoms with Gasteiger partial charge in [0, 0.05) is 31.3 Å². The van der Waals surface area contributed by atoms with Gasteiger partial charge in [-0.3, -0.25) is 24.2 Å².